The normalized spacial score (nSPS) is 18.4. The first-order chi connectivity index (χ1) is 8.85. The summed E-state index contributed by atoms with van der Waals surface area (Å²) in [4.78, 5) is 14.0. The number of carbonyl (C=O) groups is 1. The van der Waals surface area contributed by atoms with Crippen LogP contribution in [0.15, 0.2) is 0 Å². The van der Waals surface area contributed by atoms with Crippen LogP contribution in [-0.2, 0) is 0 Å². The van der Waals surface area contributed by atoms with E-state index >= 15 is 0 Å². The van der Waals surface area contributed by atoms with Gasteiger partial charge in [-0.1, -0.05) is 0 Å². The van der Waals surface area contributed by atoms with Crippen LogP contribution in [-0.4, -0.2) is 36.6 Å². The van der Waals surface area contributed by atoms with E-state index in [-0.39, 0.29) is 4.75 Å². The zero-order valence-corrected chi connectivity index (χ0v) is 13.0. The minimum atomic E-state index is -0.502. The van der Waals surface area contributed by atoms with Gasteiger partial charge in [0.15, 0.2) is 5.75 Å². The Bertz CT molecular complexity index is 499. The van der Waals surface area contributed by atoms with Crippen LogP contribution >= 0.6 is 23.1 Å². The summed E-state index contributed by atoms with van der Waals surface area (Å²) in [6, 6.07) is 0. The van der Waals surface area contributed by atoms with Crippen molar-refractivity contribution >= 4 is 39.7 Å². The molecule has 106 valence electrons. The average molecular weight is 301 g/mol. The molecule has 0 saturated carbocycles. The van der Waals surface area contributed by atoms with Gasteiger partial charge in [-0.15, -0.1) is 11.3 Å². The third-order valence-corrected chi connectivity index (χ3v) is 5.58. The summed E-state index contributed by atoms with van der Waals surface area (Å²) in [5.41, 5.74) is 11.6. The van der Waals surface area contributed by atoms with E-state index in [2.05, 4.69) is 18.7 Å². The highest BCUT2D eigenvalue weighted by atomic mass is 32.2. The number of amides is 1. The Morgan fingerprint density at radius 3 is 2.68 bits per heavy atom. The van der Waals surface area contributed by atoms with E-state index < -0.39 is 5.91 Å². The zero-order chi connectivity index (χ0) is 14.2. The van der Waals surface area contributed by atoms with E-state index in [1.54, 1.807) is 7.11 Å². The molecule has 0 aliphatic carbocycles. The minimum Gasteiger partial charge on any atom is -0.492 e. The molecule has 1 aromatic heterocycles. The number of ether oxygens (including phenoxy) is 1. The Kier molecular flexibility index (Phi) is 3.87. The fourth-order valence-electron chi connectivity index (χ4n) is 2.19. The molecule has 1 saturated heterocycles. The first-order valence-electron chi connectivity index (χ1n) is 6.00. The summed E-state index contributed by atoms with van der Waals surface area (Å²) in [5.74, 6) is 1.11. The Morgan fingerprint density at radius 1 is 1.47 bits per heavy atom. The second-order valence-corrected chi connectivity index (χ2v) is 7.88. The number of nitrogens with zero attached hydrogens (tertiary/aromatic N) is 1. The van der Waals surface area contributed by atoms with Crippen molar-refractivity contribution in [2.45, 2.75) is 18.6 Å². The second kappa shape index (κ2) is 5.13. The Morgan fingerprint density at radius 2 is 2.16 bits per heavy atom. The van der Waals surface area contributed by atoms with Crippen LogP contribution in [0, 0.1) is 0 Å². The molecule has 1 aromatic rings. The van der Waals surface area contributed by atoms with Crippen LogP contribution in [0.4, 0.5) is 10.7 Å². The van der Waals surface area contributed by atoms with Crippen molar-refractivity contribution in [2.75, 3.05) is 36.6 Å². The van der Waals surface area contributed by atoms with Crippen LogP contribution in [0.2, 0.25) is 0 Å². The van der Waals surface area contributed by atoms with Gasteiger partial charge in [0, 0.05) is 23.6 Å². The van der Waals surface area contributed by atoms with Gasteiger partial charge in [-0.05, 0) is 13.8 Å². The van der Waals surface area contributed by atoms with E-state index in [0.717, 1.165) is 23.8 Å². The maximum atomic E-state index is 11.4. The topological polar surface area (TPSA) is 81.6 Å². The van der Waals surface area contributed by atoms with E-state index in [9.17, 15) is 4.79 Å². The standard InChI is InChI=1S/C12H19N3O2S2/c1-12(2)6-15(4-5-18-12)11-8(17-3)7(13)9(19-11)10(14)16/h4-6,13H2,1-3H3,(H2,14,16). The molecular formula is C12H19N3O2S2. The van der Waals surface area contributed by atoms with Crippen molar-refractivity contribution in [3.8, 4) is 5.75 Å². The molecule has 0 atom stereocenters. The van der Waals surface area contributed by atoms with Gasteiger partial charge in [-0.25, -0.2) is 0 Å². The largest absolute Gasteiger partial charge is 0.492 e. The molecule has 5 nitrogen and oxygen atoms in total. The maximum absolute atomic E-state index is 11.4. The molecule has 2 rings (SSSR count). The molecule has 0 radical (unpaired) electrons. The summed E-state index contributed by atoms with van der Waals surface area (Å²) in [6.45, 7) is 6.24. The molecule has 0 bridgehead atoms. The van der Waals surface area contributed by atoms with Crippen LogP contribution in [0.5, 0.6) is 5.75 Å². The van der Waals surface area contributed by atoms with Crippen molar-refractivity contribution < 1.29 is 9.53 Å². The van der Waals surface area contributed by atoms with E-state index in [1.165, 1.54) is 11.3 Å². The van der Waals surface area contributed by atoms with Crippen molar-refractivity contribution in [2.24, 2.45) is 5.73 Å². The van der Waals surface area contributed by atoms with Gasteiger partial charge in [-0.2, -0.15) is 11.8 Å². The summed E-state index contributed by atoms with van der Waals surface area (Å²) < 4.78 is 5.53. The highest BCUT2D eigenvalue weighted by Crippen LogP contribution is 2.46. The first-order valence-corrected chi connectivity index (χ1v) is 7.81. The van der Waals surface area contributed by atoms with Gasteiger partial charge >= 0.3 is 0 Å². The highest BCUT2D eigenvalue weighted by molar-refractivity contribution is 8.00. The smallest absolute Gasteiger partial charge is 0.261 e. The monoisotopic (exact) mass is 301 g/mol. The molecule has 1 amide bonds. The molecule has 2 heterocycles. The number of nitrogen functional groups attached to an aromatic ring is 1. The number of hydrogen-bond acceptors (Lipinski definition) is 6. The lowest BCUT2D eigenvalue weighted by Gasteiger charge is -2.38. The third-order valence-electron chi connectivity index (χ3n) is 3.02. The number of carbonyl (C=O) groups excluding carboxylic acids is 1. The predicted octanol–water partition coefficient (Wildman–Crippen LogP) is 1.77. The lowest BCUT2D eigenvalue weighted by atomic mass is 10.2. The van der Waals surface area contributed by atoms with E-state index in [0.29, 0.717) is 16.3 Å². The number of nitrogens with two attached hydrogens (primary N) is 2. The van der Waals surface area contributed by atoms with Crippen molar-refractivity contribution in [1.82, 2.24) is 0 Å². The maximum Gasteiger partial charge on any atom is 0.261 e. The minimum absolute atomic E-state index is 0.175. The Balaban J connectivity index is 2.39. The molecule has 0 unspecified atom stereocenters. The molecule has 1 aliphatic rings. The molecule has 0 aromatic carbocycles. The zero-order valence-electron chi connectivity index (χ0n) is 11.4. The molecule has 4 N–H and O–H groups in total. The van der Waals surface area contributed by atoms with Crippen LogP contribution in [0.25, 0.3) is 0 Å². The predicted molar refractivity (Wildman–Crippen MR) is 82.6 cm³/mol. The summed E-state index contributed by atoms with van der Waals surface area (Å²) in [5, 5.41) is 0.905. The third kappa shape index (κ3) is 2.76. The van der Waals surface area contributed by atoms with Gasteiger partial charge < -0.3 is 21.1 Å². The molecule has 1 fully saturated rings. The van der Waals surface area contributed by atoms with Gasteiger partial charge in [0.25, 0.3) is 5.91 Å². The number of primary amides is 1. The van der Waals surface area contributed by atoms with Crippen molar-refractivity contribution in [3.63, 3.8) is 0 Å². The van der Waals surface area contributed by atoms with Crippen LogP contribution in [0.3, 0.4) is 0 Å². The molecule has 1 aliphatic heterocycles. The lowest BCUT2D eigenvalue weighted by Crippen LogP contribution is -2.42. The van der Waals surface area contributed by atoms with E-state index in [4.69, 9.17) is 16.2 Å². The fraction of sp³-hybridized carbons (Fsp3) is 0.583. The average Bonchev–Trinajstić information content (AvgIpc) is 2.65. The number of methoxy groups -OCH3 is 1. The number of thioether (sulfide) groups is 1. The van der Waals surface area contributed by atoms with Gasteiger partial charge in [-0.3, -0.25) is 4.79 Å². The fourth-order valence-corrected chi connectivity index (χ4v) is 4.37. The molecule has 19 heavy (non-hydrogen) atoms. The SMILES string of the molecule is COc1c(N2CCSC(C)(C)C2)sc(C(N)=O)c1N. The van der Waals surface area contributed by atoms with Crippen LogP contribution in [0.1, 0.15) is 23.5 Å². The molecule has 7 heteroatoms. The first kappa shape index (κ1) is 14.3. The number of anilines is 2. The number of rotatable bonds is 3. The molecular weight excluding hydrogens is 282 g/mol. The Labute approximate surface area is 121 Å². The van der Waals surface area contributed by atoms with Crippen molar-refractivity contribution in [3.05, 3.63) is 4.88 Å². The van der Waals surface area contributed by atoms with Gasteiger partial charge in [0.05, 0.1) is 7.11 Å². The summed E-state index contributed by atoms with van der Waals surface area (Å²) in [6.07, 6.45) is 0. The second-order valence-electron chi connectivity index (χ2n) is 5.08. The van der Waals surface area contributed by atoms with E-state index in [1.807, 2.05) is 11.8 Å². The molecule has 0 spiro atoms. The number of thiophene rings is 1. The van der Waals surface area contributed by atoms with Gasteiger partial charge in [0.2, 0.25) is 0 Å². The Hall–Kier alpha value is -1.08. The van der Waals surface area contributed by atoms with Crippen molar-refractivity contribution in [1.29, 1.82) is 0 Å². The van der Waals surface area contributed by atoms with Crippen LogP contribution < -0.4 is 21.1 Å². The number of hydrogen-bond donors (Lipinski definition) is 2. The summed E-state index contributed by atoms with van der Waals surface area (Å²) >= 11 is 3.27. The highest BCUT2D eigenvalue weighted by Gasteiger charge is 2.31. The quantitative estimate of drug-likeness (QED) is 0.889. The lowest BCUT2D eigenvalue weighted by molar-refractivity contribution is 0.100. The summed E-state index contributed by atoms with van der Waals surface area (Å²) in [7, 11) is 1.57. The van der Waals surface area contributed by atoms with Gasteiger partial charge in [0.1, 0.15) is 15.6 Å².